The van der Waals surface area contributed by atoms with Gasteiger partial charge in [0, 0.05) is 15.6 Å². The van der Waals surface area contributed by atoms with Crippen LogP contribution in [-0.4, -0.2) is 11.4 Å². The van der Waals surface area contributed by atoms with Crippen molar-refractivity contribution in [1.82, 2.24) is 0 Å². The van der Waals surface area contributed by atoms with Gasteiger partial charge in [-0.25, -0.2) is 0 Å². The molecular weight excluding hydrogens is 259 g/mol. The first-order valence-corrected chi connectivity index (χ1v) is 5.61. The van der Waals surface area contributed by atoms with Crippen LogP contribution in [0.2, 0.25) is 10.0 Å². The highest BCUT2D eigenvalue weighted by Crippen LogP contribution is 2.35. The Morgan fingerprint density at radius 2 is 1.71 bits per heavy atom. The highest BCUT2D eigenvalue weighted by molar-refractivity contribution is 6.39. The molecule has 0 radical (unpaired) electrons. The van der Waals surface area contributed by atoms with Gasteiger partial charge in [-0.1, -0.05) is 35.3 Å². The van der Waals surface area contributed by atoms with Crippen molar-refractivity contribution in [3.05, 3.63) is 52.0 Å². The number of aldehydes is 1. The van der Waals surface area contributed by atoms with Crippen LogP contribution in [0.15, 0.2) is 36.4 Å². The number of hydrogen-bond donors (Lipinski definition) is 1. The van der Waals surface area contributed by atoms with E-state index in [-0.39, 0.29) is 11.3 Å². The van der Waals surface area contributed by atoms with Crippen LogP contribution >= 0.6 is 23.2 Å². The number of benzene rings is 2. The van der Waals surface area contributed by atoms with Gasteiger partial charge >= 0.3 is 0 Å². The van der Waals surface area contributed by atoms with Crippen LogP contribution in [0.25, 0.3) is 11.1 Å². The van der Waals surface area contributed by atoms with Gasteiger partial charge in [-0.15, -0.1) is 0 Å². The first-order valence-electron chi connectivity index (χ1n) is 4.86. The third kappa shape index (κ3) is 2.28. The standard InChI is InChI=1S/C13H8Cl2O2/c14-10-2-1-3-11(15)13(10)8-4-5-12(17)9(6-8)7-16/h1-7,17H. The summed E-state index contributed by atoms with van der Waals surface area (Å²) in [5.41, 5.74) is 1.55. The first-order chi connectivity index (χ1) is 8.13. The highest BCUT2D eigenvalue weighted by Gasteiger charge is 2.10. The molecule has 0 spiro atoms. The summed E-state index contributed by atoms with van der Waals surface area (Å²) < 4.78 is 0. The molecule has 0 saturated carbocycles. The maximum absolute atomic E-state index is 10.8. The molecule has 4 heteroatoms. The minimum Gasteiger partial charge on any atom is -0.507 e. The summed E-state index contributed by atoms with van der Waals surface area (Å²) in [6.07, 6.45) is 0.587. The van der Waals surface area contributed by atoms with Gasteiger partial charge in [-0.3, -0.25) is 4.79 Å². The van der Waals surface area contributed by atoms with E-state index in [9.17, 15) is 9.90 Å². The second kappa shape index (κ2) is 4.78. The molecule has 0 atom stereocenters. The van der Waals surface area contributed by atoms with E-state index in [2.05, 4.69) is 0 Å². The minimum absolute atomic E-state index is 0.0630. The molecule has 2 aromatic carbocycles. The van der Waals surface area contributed by atoms with Crippen molar-refractivity contribution in [3.63, 3.8) is 0 Å². The molecule has 2 aromatic rings. The molecule has 86 valence electrons. The van der Waals surface area contributed by atoms with Gasteiger partial charge in [0.1, 0.15) is 5.75 Å². The quantitative estimate of drug-likeness (QED) is 0.829. The number of phenols is 1. The zero-order valence-corrected chi connectivity index (χ0v) is 10.2. The zero-order valence-electron chi connectivity index (χ0n) is 8.65. The molecule has 0 heterocycles. The molecule has 0 amide bonds. The normalized spacial score (nSPS) is 10.2. The fourth-order valence-electron chi connectivity index (χ4n) is 1.58. The number of aromatic hydroxyl groups is 1. The molecule has 2 rings (SSSR count). The van der Waals surface area contributed by atoms with Crippen LogP contribution in [0.5, 0.6) is 5.75 Å². The number of phenolic OH excluding ortho intramolecular Hbond substituents is 1. The van der Waals surface area contributed by atoms with Crippen LogP contribution in [0.4, 0.5) is 0 Å². The van der Waals surface area contributed by atoms with Crippen molar-refractivity contribution < 1.29 is 9.90 Å². The summed E-state index contributed by atoms with van der Waals surface area (Å²) in [6, 6.07) is 9.84. The van der Waals surface area contributed by atoms with E-state index in [0.717, 1.165) is 0 Å². The molecule has 0 aliphatic heterocycles. The van der Waals surface area contributed by atoms with Crippen molar-refractivity contribution in [2.75, 3.05) is 0 Å². The Hall–Kier alpha value is -1.51. The van der Waals surface area contributed by atoms with Crippen molar-refractivity contribution in [2.45, 2.75) is 0 Å². The maximum Gasteiger partial charge on any atom is 0.153 e. The largest absolute Gasteiger partial charge is 0.507 e. The molecule has 0 fully saturated rings. The van der Waals surface area contributed by atoms with Crippen LogP contribution in [0.3, 0.4) is 0 Å². The summed E-state index contributed by atoms with van der Waals surface area (Å²) >= 11 is 12.1. The number of hydrogen-bond acceptors (Lipinski definition) is 2. The lowest BCUT2D eigenvalue weighted by Crippen LogP contribution is -1.86. The average molecular weight is 267 g/mol. The second-order valence-corrected chi connectivity index (χ2v) is 4.30. The van der Waals surface area contributed by atoms with E-state index in [1.807, 2.05) is 0 Å². The lowest BCUT2D eigenvalue weighted by atomic mass is 10.0. The molecule has 0 bridgehead atoms. The third-order valence-corrected chi connectivity index (χ3v) is 3.04. The van der Waals surface area contributed by atoms with E-state index in [4.69, 9.17) is 23.2 Å². The van der Waals surface area contributed by atoms with Gasteiger partial charge < -0.3 is 5.11 Å². The van der Waals surface area contributed by atoms with Crippen LogP contribution in [0, 0.1) is 0 Å². The third-order valence-electron chi connectivity index (χ3n) is 2.41. The number of carbonyl (C=O) groups excluding carboxylic acids is 1. The van der Waals surface area contributed by atoms with E-state index in [1.54, 1.807) is 30.3 Å². The maximum atomic E-state index is 10.8. The predicted molar refractivity (Wildman–Crippen MR) is 69.0 cm³/mol. The Morgan fingerprint density at radius 3 is 2.29 bits per heavy atom. The van der Waals surface area contributed by atoms with E-state index < -0.39 is 0 Å². The average Bonchev–Trinajstić information content (AvgIpc) is 2.31. The number of halogens is 2. The van der Waals surface area contributed by atoms with Gasteiger partial charge in [-0.05, 0) is 29.8 Å². The summed E-state index contributed by atoms with van der Waals surface area (Å²) in [7, 11) is 0. The van der Waals surface area contributed by atoms with Gasteiger partial charge in [-0.2, -0.15) is 0 Å². The second-order valence-electron chi connectivity index (χ2n) is 3.49. The lowest BCUT2D eigenvalue weighted by Gasteiger charge is -2.08. The Kier molecular flexibility index (Phi) is 3.36. The smallest absolute Gasteiger partial charge is 0.153 e. The SMILES string of the molecule is O=Cc1cc(-c2c(Cl)cccc2Cl)ccc1O. The minimum atomic E-state index is -0.0630. The highest BCUT2D eigenvalue weighted by atomic mass is 35.5. The van der Waals surface area contributed by atoms with Gasteiger partial charge in [0.05, 0.1) is 5.56 Å². The molecule has 17 heavy (non-hydrogen) atoms. The summed E-state index contributed by atoms with van der Waals surface area (Å²) in [5.74, 6) is -0.0630. The zero-order chi connectivity index (χ0) is 12.4. The van der Waals surface area contributed by atoms with Crippen LogP contribution in [-0.2, 0) is 0 Å². The number of rotatable bonds is 2. The van der Waals surface area contributed by atoms with Crippen LogP contribution < -0.4 is 0 Å². The number of carbonyl (C=O) groups is 1. The van der Waals surface area contributed by atoms with Gasteiger partial charge in [0.2, 0.25) is 0 Å². The monoisotopic (exact) mass is 266 g/mol. The van der Waals surface area contributed by atoms with Crippen molar-refractivity contribution in [1.29, 1.82) is 0 Å². The van der Waals surface area contributed by atoms with E-state index in [1.165, 1.54) is 6.07 Å². The fraction of sp³-hybridized carbons (Fsp3) is 0. The van der Waals surface area contributed by atoms with Gasteiger partial charge in [0.15, 0.2) is 6.29 Å². The summed E-state index contributed by atoms with van der Waals surface area (Å²) in [4.78, 5) is 10.8. The predicted octanol–water partition coefficient (Wildman–Crippen LogP) is 4.18. The molecule has 0 unspecified atom stereocenters. The first kappa shape index (κ1) is 12.0. The topological polar surface area (TPSA) is 37.3 Å². The molecule has 0 saturated heterocycles. The van der Waals surface area contributed by atoms with Crippen LogP contribution in [0.1, 0.15) is 10.4 Å². The van der Waals surface area contributed by atoms with Gasteiger partial charge in [0.25, 0.3) is 0 Å². The molecule has 2 nitrogen and oxygen atoms in total. The molecule has 1 N–H and O–H groups in total. The van der Waals surface area contributed by atoms with Crippen molar-refractivity contribution >= 4 is 29.5 Å². The molecule has 0 aliphatic carbocycles. The van der Waals surface area contributed by atoms with E-state index >= 15 is 0 Å². The summed E-state index contributed by atoms with van der Waals surface area (Å²) in [5, 5.41) is 10.4. The summed E-state index contributed by atoms with van der Waals surface area (Å²) in [6.45, 7) is 0. The Labute approximate surface area is 108 Å². The van der Waals surface area contributed by atoms with E-state index in [0.29, 0.717) is 27.5 Å². The Balaban J connectivity index is 2.65. The Morgan fingerprint density at radius 1 is 1.06 bits per heavy atom. The lowest BCUT2D eigenvalue weighted by molar-refractivity contribution is 0.112. The molecule has 0 aliphatic rings. The van der Waals surface area contributed by atoms with Crippen molar-refractivity contribution in [2.24, 2.45) is 0 Å². The molecular formula is C13H8Cl2O2. The van der Waals surface area contributed by atoms with Crippen molar-refractivity contribution in [3.8, 4) is 16.9 Å². The molecule has 0 aromatic heterocycles. The Bertz CT molecular complexity index is 559. The fourth-order valence-corrected chi connectivity index (χ4v) is 2.19.